The third-order valence-corrected chi connectivity index (χ3v) is 4.68. The molecule has 0 radical (unpaired) electrons. The van der Waals surface area contributed by atoms with Gasteiger partial charge < -0.3 is 10.2 Å². The molecule has 1 aliphatic heterocycles. The third kappa shape index (κ3) is 4.20. The van der Waals surface area contributed by atoms with Gasteiger partial charge in [0.2, 0.25) is 5.91 Å². The molecule has 0 aromatic heterocycles. The first kappa shape index (κ1) is 14.8. The Kier molecular flexibility index (Phi) is 5.68. The Hall–Kier alpha value is -0.570. The minimum Gasteiger partial charge on any atom is -0.339 e. The predicted octanol–water partition coefficient (Wildman–Crippen LogP) is 2.95. The Bertz CT molecular complexity index is 288. The van der Waals surface area contributed by atoms with Crippen LogP contribution in [0.3, 0.4) is 0 Å². The molecule has 1 saturated carbocycles. The molecular weight excluding hydrogens is 236 g/mol. The average molecular weight is 266 g/mol. The third-order valence-electron chi connectivity index (χ3n) is 4.68. The van der Waals surface area contributed by atoms with E-state index < -0.39 is 0 Å². The fourth-order valence-corrected chi connectivity index (χ4v) is 3.71. The number of likely N-dealkylation sites (tertiary alicyclic amines) is 1. The van der Waals surface area contributed by atoms with Crippen LogP contribution in [0, 0.1) is 5.92 Å². The number of amides is 1. The maximum Gasteiger partial charge on any atom is 0.222 e. The maximum atomic E-state index is 12.4. The van der Waals surface area contributed by atoms with E-state index in [4.69, 9.17) is 0 Å². The van der Waals surface area contributed by atoms with Crippen LogP contribution in [-0.2, 0) is 4.79 Å². The van der Waals surface area contributed by atoms with Crippen molar-refractivity contribution < 1.29 is 4.79 Å². The van der Waals surface area contributed by atoms with E-state index in [0.717, 1.165) is 31.8 Å². The van der Waals surface area contributed by atoms with Crippen LogP contribution in [0.15, 0.2) is 0 Å². The van der Waals surface area contributed by atoms with E-state index in [2.05, 4.69) is 24.1 Å². The summed E-state index contributed by atoms with van der Waals surface area (Å²) in [5, 5.41) is 3.39. The second-order valence-electron chi connectivity index (χ2n) is 6.55. The largest absolute Gasteiger partial charge is 0.339 e. The summed E-state index contributed by atoms with van der Waals surface area (Å²) in [7, 11) is 0. The molecule has 1 saturated heterocycles. The molecule has 1 heterocycles. The van der Waals surface area contributed by atoms with E-state index in [1.165, 1.54) is 38.5 Å². The Morgan fingerprint density at radius 2 is 1.95 bits per heavy atom. The van der Waals surface area contributed by atoms with Gasteiger partial charge in [0.05, 0.1) is 0 Å². The molecule has 0 aromatic carbocycles. The summed E-state index contributed by atoms with van der Waals surface area (Å²) in [5.74, 6) is 1.21. The quantitative estimate of drug-likeness (QED) is 0.776. The number of carbonyl (C=O) groups excluding carboxylic acids is 1. The maximum absolute atomic E-state index is 12.4. The minimum atomic E-state index is 0.405. The lowest BCUT2D eigenvalue weighted by atomic mass is 9.78. The molecule has 0 spiro atoms. The van der Waals surface area contributed by atoms with Gasteiger partial charge in [0.1, 0.15) is 0 Å². The van der Waals surface area contributed by atoms with Crippen molar-refractivity contribution >= 4 is 5.91 Å². The lowest BCUT2D eigenvalue weighted by Gasteiger charge is -2.44. The van der Waals surface area contributed by atoms with Gasteiger partial charge in [-0.2, -0.15) is 0 Å². The molecule has 1 N–H and O–H groups in total. The highest BCUT2D eigenvalue weighted by Crippen LogP contribution is 2.35. The standard InChI is InChI=1S/C16H30N2O/c1-13(2)17-11-5-10-16(19)18-12-6-8-14-7-3-4-9-15(14)18/h13-15,17H,3-12H2,1-2H3/t14-,15-/m1/s1. The van der Waals surface area contributed by atoms with Crippen molar-refractivity contribution in [2.45, 2.75) is 77.3 Å². The lowest BCUT2D eigenvalue weighted by Crippen LogP contribution is -2.49. The van der Waals surface area contributed by atoms with Crippen LogP contribution < -0.4 is 5.32 Å². The van der Waals surface area contributed by atoms with Crippen molar-refractivity contribution in [3.63, 3.8) is 0 Å². The Labute approximate surface area is 118 Å². The van der Waals surface area contributed by atoms with Crippen LogP contribution in [0.4, 0.5) is 0 Å². The van der Waals surface area contributed by atoms with Gasteiger partial charge in [-0.05, 0) is 44.6 Å². The van der Waals surface area contributed by atoms with Gasteiger partial charge in [0.15, 0.2) is 0 Å². The smallest absolute Gasteiger partial charge is 0.222 e. The number of nitrogens with zero attached hydrogens (tertiary/aromatic N) is 1. The van der Waals surface area contributed by atoms with Crippen molar-refractivity contribution in [1.82, 2.24) is 10.2 Å². The molecular formula is C16H30N2O. The predicted molar refractivity (Wildman–Crippen MR) is 79.1 cm³/mol. The summed E-state index contributed by atoms with van der Waals surface area (Å²) in [6.07, 6.45) is 9.57. The van der Waals surface area contributed by atoms with Crippen molar-refractivity contribution in [1.29, 1.82) is 0 Å². The Morgan fingerprint density at radius 1 is 1.21 bits per heavy atom. The monoisotopic (exact) mass is 266 g/mol. The topological polar surface area (TPSA) is 32.3 Å². The molecule has 3 nitrogen and oxygen atoms in total. The second kappa shape index (κ2) is 7.28. The van der Waals surface area contributed by atoms with Gasteiger partial charge in [0.25, 0.3) is 0 Å². The Balaban J connectivity index is 1.77. The lowest BCUT2D eigenvalue weighted by molar-refractivity contribution is -0.137. The summed E-state index contributed by atoms with van der Waals surface area (Å²) in [6.45, 7) is 6.28. The van der Waals surface area contributed by atoms with Crippen LogP contribution in [-0.4, -0.2) is 36.0 Å². The molecule has 0 bridgehead atoms. The first-order valence-electron chi connectivity index (χ1n) is 8.21. The second-order valence-corrected chi connectivity index (χ2v) is 6.55. The van der Waals surface area contributed by atoms with Crippen molar-refractivity contribution in [2.75, 3.05) is 13.1 Å². The van der Waals surface area contributed by atoms with Crippen LogP contribution in [0.1, 0.15) is 65.2 Å². The number of carbonyl (C=O) groups is 1. The van der Waals surface area contributed by atoms with Crippen molar-refractivity contribution in [3.05, 3.63) is 0 Å². The van der Waals surface area contributed by atoms with E-state index in [1.54, 1.807) is 0 Å². The summed E-state index contributed by atoms with van der Waals surface area (Å²) in [6, 6.07) is 1.10. The molecule has 2 aliphatic rings. The van der Waals surface area contributed by atoms with Crippen LogP contribution in [0.25, 0.3) is 0 Å². The molecule has 0 aromatic rings. The highest BCUT2D eigenvalue weighted by atomic mass is 16.2. The zero-order chi connectivity index (χ0) is 13.7. The van der Waals surface area contributed by atoms with E-state index in [1.807, 2.05) is 0 Å². The minimum absolute atomic E-state index is 0.405. The number of piperidine rings is 1. The number of fused-ring (bicyclic) bond motifs is 1. The van der Waals surface area contributed by atoms with Crippen LogP contribution in [0.5, 0.6) is 0 Å². The molecule has 2 atom stereocenters. The van der Waals surface area contributed by atoms with Gasteiger partial charge in [-0.25, -0.2) is 0 Å². The number of hydrogen-bond donors (Lipinski definition) is 1. The number of hydrogen-bond acceptors (Lipinski definition) is 2. The molecule has 0 unspecified atom stereocenters. The van der Waals surface area contributed by atoms with Gasteiger partial charge in [-0.1, -0.05) is 26.7 Å². The van der Waals surface area contributed by atoms with E-state index >= 15 is 0 Å². The average Bonchev–Trinajstić information content (AvgIpc) is 2.42. The highest BCUT2D eigenvalue weighted by molar-refractivity contribution is 5.76. The zero-order valence-corrected chi connectivity index (χ0v) is 12.7. The molecule has 2 rings (SSSR count). The molecule has 3 heteroatoms. The first-order valence-corrected chi connectivity index (χ1v) is 8.21. The van der Waals surface area contributed by atoms with Gasteiger partial charge in [0, 0.05) is 25.0 Å². The van der Waals surface area contributed by atoms with Gasteiger partial charge in [-0.15, -0.1) is 0 Å². The molecule has 1 aliphatic carbocycles. The molecule has 110 valence electrons. The van der Waals surface area contributed by atoms with Gasteiger partial charge >= 0.3 is 0 Å². The van der Waals surface area contributed by atoms with E-state index in [0.29, 0.717) is 18.0 Å². The van der Waals surface area contributed by atoms with E-state index in [9.17, 15) is 4.79 Å². The molecule has 19 heavy (non-hydrogen) atoms. The van der Waals surface area contributed by atoms with Crippen molar-refractivity contribution in [3.8, 4) is 0 Å². The number of rotatable bonds is 5. The summed E-state index contributed by atoms with van der Waals surface area (Å²) in [4.78, 5) is 14.6. The summed E-state index contributed by atoms with van der Waals surface area (Å²) >= 11 is 0. The summed E-state index contributed by atoms with van der Waals surface area (Å²) in [5.41, 5.74) is 0. The molecule has 1 amide bonds. The van der Waals surface area contributed by atoms with Crippen LogP contribution >= 0.6 is 0 Å². The highest BCUT2D eigenvalue weighted by Gasteiger charge is 2.35. The fourth-order valence-electron chi connectivity index (χ4n) is 3.71. The van der Waals surface area contributed by atoms with Gasteiger partial charge in [-0.3, -0.25) is 4.79 Å². The first-order chi connectivity index (χ1) is 9.18. The fraction of sp³-hybridized carbons (Fsp3) is 0.938. The SMILES string of the molecule is CC(C)NCCCC(=O)N1CCC[C@H]2CCCC[C@H]21. The number of nitrogens with one attached hydrogen (secondary N) is 1. The van der Waals surface area contributed by atoms with Crippen molar-refractivity contribution in [2.24, 2.45) is 5.92 Å². The zero-order valence-electron chi connectivity index (χ0n) is 12.7. The Morgan fingerprint density at radius 3 is 2.74 bits per heavy atom. The molecule has 2 fully saturated rings. The van der Waals surface area contributed by atoms with Crippen LogP contribution in [0.2, 0.25) is 0 Å². The normalized spacial score (nSPS) is 27.4. The summed E-state index contributed by atoms with van der Waals surface area (Å²) < 4.78 is 0. The van der Waals surface area contributed by atoms with E-state index in [-0.39, 0.29) is 0 Å².